The molecular weight excluding hydrogens is 424 g/mol. The molecular formula is C23H24ClF2N3O2. The number of hydrogen-bond donors (Lipinski definition) is 1. The van der Waals surface area contributed by atoms with Crippen LogP contribution in [-0.2, 0) is 16.1 Å². The van der Waals surface area contributed by atoms with Crippen LogP contribution in [0.2, 0.25) is 5.02 Å². The van der Waals surface area contributed by atoms with Crippen molar-refractivity contribution in [2.45, 2.75) is 26.4 Å². The van der Waals surface area contributed by atoms with Crippen LogP contribution in [0.25, 0.3) is 6.08 Å². The molecule has 1 unspecified atom stereocenters. The van der Waals surface area contributed by atoms with Gasteiger partial charge < -0.3 is 10.2 Å². The maximum atomic E-state index is 13.9. The van der Waals surface area contributed by atoms with Gasteiger partial charge in [-0.05, 0) is 36.8 Å². The van der Waals surface area contributed by atoms with E-state index in [1.54, 1.807) is 29.2 Å². The van der Waals surface area contributed by atoms with Crippen LogP contribution in [-0.4, -0.2) is 47.3 Å². The summed E-state index contributed by atoms with van der Waals surface area (Å²) in [5.41, 5.74) is 1.63. The molecule has 31 heavy (non-hydrogen) atoms. The Bertz CT molecular complexity index is 1010. The lowest BCUT2D eigenvalue weighted by Gasteiger charge is -2.39. The highest BCUT2D eigenvalue weighted by Crippen LogP contribution is 2.23. The number of carbonyl (C=O) groups excluding carboxylic acids is 2. The van der Waals surface area contributed by atoms with Gasteiger partial charge in [-0.15, -0.1) is 0 Å². The molecule has 1 aliphatic heterocycles. The molecule has 1 fully saturated rings. The Morgan fingerprint density at radius 1 is 1.19 bits per heavy atom. The molecule has 5 nitrogen and oxygen atoms in total. The van der Waals surface area contributed by atoms with E-state index in [0.29, 0.717) is 48.0 Å². The first kappa shape index (κ1) is 22.9. The normalized spacial score (nSPS) is 17.2. The molecule has 0 saturated carbocycles. The van der Waals surface area contributed by atoms with Gasteiger partial charge >= 0.3 is 0 Å². The molecule has 164 valence electrons. The van der Waals surface area contributed by atoms with E-state index in [1.165, 1.54) is 25.1 Å². The van der Waals surface area contributed by atoms with E-state index in [9.17, 15) is 18.4 Å². The Hall–Kier alpha value is -2.77. The third kappa shape index (κ3) is 6.12. The molecule has 1 heterocycles. The van der Waals surface area contributed by atoms with Gasteiger partial charge in [0.1, 0.15) is 11.6 Å². The van der Waals surface area contributed by atoms with Crippen LogP contribution in [0.5, 0.6) is 0 Å². The molecule has 1 atom stereocenters. The van der Waals surface area contributed by atoms with Gasteiger partial charge in [0, 0.05) is 67.6 Å². The summed E-state index contributed by atoms with van der Waals surface area (Å²) in [6.45, 7) is 5.35. The number of nitrogens with one attached hydrogen (secondary N) is 1. The highest BCUT2D eigenvalue weighted by molar-refractivity contribution is 6.31. The third-order valence-electron chi connectivity index (χ3n) is 5.14. The minimum Gasteiger partial charge on any atom is -0.334 e. The maximum absolute atomic E-state index is 13.9. The van der Waals surface area contributed by atoms with E-state index in [-0.39, 0.29) is 17.9 Å². The molecule has 0 aromatic heterocycles. The number of anilines is 1. The van der Waals surface area contributed by atoms with E-state index in [1.807, 2.05) is 11.8 Å². The standard InChI is InChI=1S/C23H24ClF2N3O2/c1-15-13-28(14-18-4-7-20(25)12-21(18)26)9-10-29(15)23(31)8-5-17-3-6-19(24)11-22(17)27-16(2)30/h3-8,11-12,15H,9-10,13-14H2,1-2H3,(H,27,30)/b8-5+. The van der Waals surface area contributed by atoms with Crippen LogP contribution < -0.4 is 5.32 Å². The third-order valence-corrected chi connectivity index (χ3v) is 5.37. The average Bonchev–Trinajstić information content (AvgIpc) is 2.69. The zero-order valence-corrected chi connectivity index (χ0v) is 18.1. The van der Waals surface area contributed by atoms with Crippen LogP contribution in [0, 0.1) is 11.6 Å². The van der Waals surface area contributed by atoms with Gasteiger partial charge in [0.25, 0.3) is 0 Å². The molecule has 0 bridgehead atoms. The molecule has 2 amide bonds. The van der Waals surface area contributed by atoms with Crippen molar-refractivity contribution in [2.24, 2.45) is 0 Å². The molecule has 1 N–H and O–H groups in total. The lowest BCUT2D eigenvalue weighted by Crippen LogP contribution is -2.53. The van der Waals surface area contributed by atoms with Crippen LogP contribution in [0.1, 0.15) is 25.0 Å². The largest absolute Gasteiger partial charge is 0.334 e. The van der Waals surface area contributed by atoms with E-state index in [2.05, 4.69) is 5.32 Å². The number of benzene rings is 2. The molecule has 0 aliphatic carbocycles. The predicted octanol–water partition coefficient (Wildman–Crippen LogP) is 4.32. The van der Waals surface area contributed by atoms with Gasteiger partial charge in [-0.25, -0.2) is 8.78 Å². The fourth-order valence-electron chi connectivity index (χ4n) is 3.62. The van der Waals surface area contributed by atoms with Crippen molar-refractivity contribution in [3.05, 3.63) is 70.3 Å². The van der Waals surface area contributed by atoms with Crippen molar-refractivity contribution in [3.8, 4) is 0 Å². The minimum atomic E-state index is -0.598. The quantitative estimate of drug-likeness (QED) is 0.694. The van der Waals surface area contributed by atoms with E-state index < -0.39 is 11.6 Å². The summed E-state index contributed by atoms with van der Waals surface area (Å²) in [6, 6.07) is 8.56. The van der Waals surface area contributed by atoms with Crippen molar-refractivity contribution < 1.29 is 18.4 Å². The molecule has 2 aromatic rings. The van der Waals surface area contributed by atoms with Gasteiger partial charge in [-0.3, -0.25) is 14.5 Å². The lowest BCUT2D eigenvalue weighted by atomic mass is 10.1. The van der Waals surface area contributed by atoms with Crippen molar-refractivity contribution in [3.63, 3.8) is 0 Å². The number of amides is 2. The van der Waals surface area contributed by atoms with Gasteiger partial charge in [0.2, 0.25) is 11.8 Å². The molecule has 0 spiro atoms. The van der Waals surface area contributed by atoms with Crippen LogP contribution in [0.4, 0.5) is 14.5 Å². The number of carbonyl (C=O) groups is 2. The summed E-state index contributed by atoms with van der Waals surface area (Å²) in [6.07, 6.45) is 3.12. The van der Waals surface area contributed by atoms with Gasteiger partial charge in [0.05, 0.1) is 0 Å². The SMILES string of the molecule is CC(=O)Nc1cc(Cl)ccc1/C=C/C(=O)N1CCN(Cc2ccc(F)cc2F)CC1C. The first-order valence-corrected chi connectivity index (χ1v) is 10.3. The topological polar surface area (TPSA) is 52.7 Å². The Balaban J connectivity index is 1.63. The number of halogens is 3. The van der Waals surface area contributed by atoms with Crippen LogP contribution >= 0.6 is 11.6 Å². The zero-order valence-electron chi connectivity index (χ0n) is 17.4. The number of piperazine rings is 1. The smallest absolute Gasteiger partial charge is 0.246 e. The summed E-state index contributed by atoms with van der Waals surface area (Å²) in [5, 5.41) is 3.18. The Morgan fingerprint density at radius 2 is 1.97 bits per heavy atom. The van der Waals surface area contributed by atoms with Crippen molar-refractivity contribution in [1.82, 2.24) is 9.80 Å². The number of rotatable bonds is 5. The maximum Gasteiger partial charge on any atom is 0.246 e. The fourth-order valence-corrected chi connectivity index (χ4v) is 3.80. The summed E-state index contributed by atoms with van der Waals surface area (Å²) in [5.74, 6) is -1.54. The molecule has 8 heteroatoms. The highest BCUT2D eigenvalue weighted by Gasteiger charge is 2.26. The minimum absolute atomic E-state index is 0.0746. The van der Waals surface area contributed by atoms with Gasteiger partial charge in [0.15, 0.2) is 0 Å². The second-order valence-electron chi connectivity index (χ2n) is 7.60. The Labute approximate surface area is 185 Å². The summed E-state index contributed by atoms with van der Waals surface area (Å²) >= 11 is 6.00. The van der Waals surface area contributed by atoms with Crippen molar-refractivity contribution in [1.29, 1.82) is 0 Å². The second kappa shape index (κ2) is 10.0. The van der Waals surface area contributed by atoms with E-state index in [0.717, 1.165) is 6.07 Å². The van der Waals surface area contributed by atoms with Crippen molar-refractivity contribution >= 4 is 35.2 Å². The molecule has 3 rings (SSSR count). The first-order valence-electron chi connectivity index (χ1n) is 9.95. The fraction of sp³-hybridized carbons (Fsp3) is 0.304. The number of nitrogens with zero attached hydrogens (tertiary/aromatic N) is 2. The predicted molar refractivity (Wildman–Crippen MR) is 118 cm³/mol. The van der Waals surface area contributed by atoms with Gasteiger partial charge in [-0.1, -0.05) is 23.7 Å². The number of hydrogen-bond acceptors (Lipinski definition) is 3. The highest BCUT2D eigenvalue weighted by atomic mass is 35.5. The molecule has 0 radical (unpaired) electrons. The van der Waals surface area contributed by atoms with E-state index >= 15 is 0 Å². The van der Waals surface area contributed by atoms with Crippen LogP contribution in [0.15, 0.2) is 42.5 Å². The Kier molecular flexibility index (Phi) is 7.41. The van der Waals surface area contributed by atoms with Crippen molar-refractivity contribution in [2.75, 3.05) is 25.0 Å². The second-order valence-corrected chi connectivity index (χ2v) is 8.03. The molecule has 1 saturated heterocycles. The summed E-state index contributed by atoms with van der Waals surface area (Å²) in [4.78, 5) is 27.9. The summed E-state index contributed by atoms with van der Waals surface area (Å²) in [7, 11) is 0. The van der Waals surface area contributed by atoms with Gasteiger partial charge in [-0.2, -0.15) is 0 Å². The lowest BCUT2D eigenvalue weighted by molar-refractivity contribution is -0.130. The molecule has 1 aliphatic rings. The molecule has 2 aromatic carbocycles. The zero-order chi connectivity index (χ0) is 22.5. The summed E-state index contributed by atoms with van der Waals surface area (Å²) < 4.78 is 27.0. The van der Waals surface area contributed by atoms with E-state index in [4.69, 9.17) is 11.6 Å². The Morgan fingerprint density at radius 3 is 2.65 bits per heavy atom. The monoisotopic (exact) mass is 447 g/mol. The first-order chi connectivity index (χ1) is 14.7. The average molecular weight is 448 g/mol. The van der Waals surface area contributed by atoms with Crippen LogP contribution in [0.3, 0.4) is 0 Å².